The van der Waals surface area contributed by atoms with Gasteiger partial charge in [-0.1, -0.05) is 46.4 Å². The van der Waals surface area contributed by atoms with Gasteiger partial charge in [0.25, 0.3) is 0 Å². The number of hydrogen-bond acceptors (Lipinski definition) is 4. The highest BCUT2D eigenvalue weighted by molar-refractivity contribution is 9.10. The average Bonchev–Trinajstić information content (AvgIpc) is 2.66. The summed E-state index contributed by atoms with van der Waals surface area (Å²) in [4.78, 5) is 3.69. The molecule has 0 bridgehead atoms. The predicted octanol–water partition coefficient (Wildman–Crippen LogP) is 8.11. The van der Waals surface area contributed by atoms with E-state index in [0.29, 0.717) is 30.9 Å². The standard InChI is InChI=1S/C19H15BrCl4F3NO3/c20-13-7-11(19(25,26)27)10-28-18(13)31-5-2-1-4-30-17-14(21)8-12(9-15(17)22)29-6-3-16(23)24/h3,7-10H,1-2,4-6H2. The summed E-state index contributed by atoms with van der Waals surface area (Å²) in [6.07, 6.45) is -1.12. The van der Waals surface area contributed by atoms with E-state index in [1.54, 1.807) is 12.1 Å². The van der Waals surface area contributed by atoms with Crippen LogP contribution in [0.25, 0.3) is 0 Å². The molecule has 0 unspecified atom stereocenters. The van der Waals surface area contributed by atoms with Gasteiger partial charge in [0.15, 0.2) is 5.75 Å². The Bertz CT molecular complexity index is 902. The molecule has 0 fully saturated rings. The molecule has 0 saturated carbocycles. The van der Waals surface area contributed by atoms with Crippen LogP contribution in [0.5, 0.6) is 17.4 Å². The Labute approximate surface area is 205 Å². The maximum Gasteiger partial charge on any atom is 0.417 e. The first-order valence-corrected chi connectivity index (χ1v) is 11.0. The number of rotatable bonds is 10. The van der Waals surface area contributed by atoms with E-state index in [2.05, 4.69) is 20.9 Å². The Kier molecular flexibility index (Phi) is 10.4. The number of unbranched alkanes of at least 4 members (excludes halogenated alkanes) is 1. The van der Waals surface area contributed by atoms with Crippen molar-refractivity contribution in [3.8, 4) is 17.4 Å². The zero-order chi connectivity index (χ0) is 23.0. The fourth-order valence-corrected chi connectivity index (χ4v) is 3.36. The molecule has 2 aromatic rings. The summed E-state index contributed by atoms with van der Waals surface area (Å²) in [6, 6.07) is 4.02. The Balaban J connectivity index is 1.77. The zero-order valence-corrected chi connectivity index (χ0v) is 20.2. The lowest BCUT2D eigenvalue weighted by molar-refractivity contribution is -0.137. The van der Waals surface area contributed by atoms with E-state index in [1.165, 1.54) is 6.08 Å². The highest BCUT2D eigenvalue weighted by atomic mass is 79.9. The van der Waals surface area contributed by atoms with Crippen LogP contribution < -0.4 is 14.2 Å². The van der Waals surface area contributed by atoms with Crippen LogP contribution in [0.15, 0.2) is 39.4 Å². The monoisotopic (exact) mass is 581 g/mol. The molecular formula is C19H15BrCl4F3NO3. The maximum atomic E-state index is 12.6. The Morgan fingerprint density at radius 3 is 2.16 bits per heavy atom. The molecule has 1 heterocycles. The van der Waals surface area contributed by atoms with Crippen LogP contribution >= 0.6 is 62.3 Å². The van der Waals surface area contributed by atoms with Crippen molar-refractivity contribution < 1.29 is 27.4 Å². The van der Waals surface area contributed by atoms with Crippen molar-refractivity contribution in [2.75, 3.05) is 19.8 Å². The third kappa shape index (κ3) is 8.77. The minimum absolute atomic E-state index is 0.0842. The highest BCUT2D eigenvalue weighted by Gasteiger charge is 2.31. The fourth-order valence-electron chi connectivity index (χ4n) is 2.19. The summed E-state index contributed by atoms with van der Waals surface area (Å²) in [7, 11) is 0. The van der Waals surface area contributed by atoms with Crippen molar-refractivity contribution in [3.63, 3.8) is 0 Å². The van der Waals surface area contributed by atoms with Crippen LogP contribution in [0.2, 0.25) is 10.0 Å². The van der Waals surface area contributed by atoms with Crippen LogP contribution in [0.4, 0.5) is 13.2 Å². The van der Waals surface area contributed by atoms with Crippen LogP contribution in [0.1, 0.15) is 18.4 Å². The van der Waals surface area contributed by atoms with E-state index < -0.39 is 11.7 Å². The molecule has 12 heteroatoms. The Morgan fingerprint density at radius 2 is 1.61 bits per heavy atom. The summed E-state index contributed by atoms with van der Waals surface area (Å²) in [5.74, 6) is 0.826. The number of nitrogens with zero attached hydrogens (tertiary/aromatic N) is 1. The summed E-state index contributed by atoms with van der Waals surface area (Å²) < 4.78 is 54.6. The molecule has 170 valence electrons. The number of aromatic nitrogens is 1. The summed E-state index contributed by atoms with van der Waals surface area (Å²) in [6.45, 7) is 0.694. The first kappa shape index (κ1) is 26.2. The van der Waals surface area contributed by atoms with E-state index in [4.69, 9.17) is 60.6 Å². The minimum atomic E-state index is -4.47. The fraction of sp³-hybridized carbons (Fsp3) is 0.316. The molecule has 0 saturated heterocycles. The van der Waals surface area contributed by atoms with E-state index in [1.807, 2.05) is 0 Å². The molecule has 0 aliphatic carbocycles. The number of benzene rings is 1. The van der Waals surface area contributed by atoms with E-state index >= 15 is 0 Å². The normalized spacial score (nSPS) is 11.2. The first-order chi connectivity index (χ1) is 14.6. The van der Waals surface area contributed by atoms with Gasteiger partial charge in [0.2, 0.25) is 5.88 Å². The summed E-state index contributed by atoms with van der Waals surface area (Å²) in [5, 5.41) is 0.551. The van der Waals surface area contributed by atoms with Crippen LogP contribution in [0, 0.1) is 0 Å². The number of hydrogen-bond donors (Lipinski definition) is 0. The average molecular weight is 584 g/mol. The second-order valence-electron chi connectivity index (χ2n) is 5.93. The third-order valence-electron chi connectivity index (χ3n) is 3.62. The summed E-state index contributed by atoms with van der Waals surface area (Å²) >= 11 is 26.4. The van der Waals surface area contributed by atoms with Gasteiger partial charge >= 0.3 is 6.18 Å². The molecular weight excluding hydrogens is 569 g/mol. The zero-order valence-electron chi connectivity index (χ0n) is 15.6. The molecule has 0 atom stereocenters. The van der Waals surface area contributed by atoms with Gasteiger partial charge < -0.3 is 14.2 Å². The van der Waals surface area contributed by atoms with E-state index in [9.17, 15) is 13.2 Å². The van der Waals surface area contributed by atoms with Gasteiger partial charge in [0.05, 0.1) is 33.3 Å². The van der Waals surface area contributed by atoms with Crippen LogP contribution in [0.3, 0.4) is 0 Å². The quantitative estimate of drug-likeness (QED) is 0.265. The van der Waals surface area contributed by atoms with Gasteiger partial charge in [0.1, 0.15) is 16.8 Å². The number of alkyl halides is 3. The highest BCUT2D eigenvalue weighted by Crippen LogP contribution is 2.37. The Hall–Kier alpha value is -1.06. The second kappa shape index (κ2) is 12.3. The van der Waals surface area contributed by atoms with E-state index in [0.717, 1.165) is 12.3 Å². The molecule has 0 radical (unpaired) electrons. The van der Waals surface area contributed by atoms with Crippen LogP contribution in [-0.4, -0.2) is 24.8 Å². The van der Waals surface area contributed by atoms with Gasteiger partial charge in [-0.05, 0) is 40.9 Å². The van der Waals surface area contributed by atoms with Crippen molar-refractivity contribution >= 4 is 62.3 Å². The molecule has 0 spiro atoms. The largest absolute Gasteiger partial charge is 0.490 e. The number of pyridine rings is 1. The maximum absolute atomic E-state index is 12.6. The molecule has 1 aromatic heterocycles. The smallest absolute Gasteiger partial charge is 0.417 e. The van der Waals surface area contributed by atoms with Gasteiger partial charge in [-0.25, -0.2) is 4.98 Å². The van der Waals surface area contributed by atoms with Gasteiger partial charge in [-0.3, -0.25) is 0 Å². The molecule has 0 N–H and O–H groups in total. The topological polar surface area (TPSA) is 40.6 Å². The van der Waals surface area contributed by atoms with Crippen molar-refractivity contribution in [1.29, 1.82) is 0 Å². The van der Waals surface area contributed by atoms with E-state index in [-0.39, 0.29) is 38.1 Å². The van der Waals surface area contributed by atoms with Crippen molar-refractivity contribution in [3.05, 3.63) is 55.0 Å². The van der Waals surface area contributed by atoms with Crippen LogP contribution in [-0.2, 0) is 6.18 Å². The number of ether oxygens (including phenoxy) is 3. The predicted molar refractivity (Wildman–Crippen MR) is 119 cm³/mol. The van der Waals surface area contributed by atoms with Gasteiger partial charge in [-0.2, -0.15) is 13.2 Å². The number of halogens is 8. The molecule has 2 rings (SSSR count). The lowest BCUT2D eigenvalue weighted by atomic mass is 10.3. The molecule has 0 aliphatic rings. The lowest BCUT2D eigenvalue weighted by Gasteiger charge is -2.13. The van der Waals surface area contributed by atoms with Gasteiger partial charge in [0, 0.05) is 18.3 Å². The SMILES string of the molecule is FC(F)(F)c1cnc(OCCCCOc2c(Cl)cc(OCC=C(Cl)Cl)cc2Cl)c(Br)c1. The molecule has 1 aromatic carbocycles. The first-order valence-electron chi connectivity index (χ1n) is 8.69. The van der Waals surface area contributed by atoms with Crippen molar-refractivity contribution in [2.45, 2.75) is 19.0 Å². The van der Waals surface area contributed by atoms with Crippen molar-refractivity contribution in [1.82, 2.24) is 4.98 Å². The second-order valence-corrected chi connectivity index (χ2v) is 8.61. The molecule has 0 amide bonds. The molecule has 4 nitrogen and oxygen atoms in total. The molecule has 31 heavy (non-hydrogen) atoms. The third-order valence-corrected chi connectivity index (χ3v) is 5.06. The lowest BCUT2D eigenvalue weighted by Crippen LogP contribution is -2.08. The summed E-state index contributed by atoms with van der Waals surface area (Å²) in [5.41, 5.74) is -0.857. The molecule has 0 aliphatic heterocycles. The van der Waals surface area contributed by atoms with Crippen molar-refractivity contribution in [2.24, 2.45) is 0 Å². The van der Waals surface area contributed by atoms with Gasteiger partial charge in [-0.15, -0.1) is 0 Å². The minimum Gasteiger partial charge on any atom is -0.490 e. The Morgan fingerprint density at radius 1 is 1.00 bits per heavy atom.